The molecule has 2 aromatic heterocycles. The van der Waals surface area contributed by atoms with Gasteiger partial charge in [0, 0.05) is 24.7 Å². The number of benzene rings is 1. The summed E-state index contributed by atoms with van der Waals surface area (Å²) in [6.07, 6.45) is 7.39. The highest BCUT2D eigenvalue weighted by atomic mass is 35.5. The van der Waals surface area contributed by atoms with E-state index in [0.29, 0.717) is 21.8 Å². The van der Waals surface area contributed by atoms with Gasteiger partial charge in [-0.2, -0.15) is 0 Å². The predicted octanol–water partition coefficient (Wildman–Crippen LogP) is 4.39. The average Bonchev–Trinajstić information content (AvgIpc) is 2.99. The van der Waals surface area contributed by atoms with Gasteiger partial charge in [0.2, 0.25) is 0 Å². The van der Waals surface area contributed by atoms with Crippen LogP contribution in [-0.2, 0) is 6.42 Å². The Labute approximate surface area is 179 Å². The molecule has 0 atom stereocenters. The van der Waals surface area contributed by atoms with E-state index in [1.807, 2.05) is 0 Å². The first kappa shape index (κ1) is 20.7. The number of amidine groups is 1. The van der Waals surface area contributed by atoms with Crippen molar-refractivity contribution < 1.29 is 9.60 Å². The predicted molar refractivity (Wildman–Crippen MR) is 115 cm³/mol. The number of halogens is 2. The number of nitrogens with one attached hydrogen (secondary N) is 2. The van der Waals surface area contributed by atoms with Crippen molar-refractivity contribution in [1.82, 2.24) is 19.9 Å². The summed E-state index contributed by atoms with van der Waals surface area (Å²) in [4.78, 5) is 14.6. The summed E-state index contributed by atoms with van der Waals surface area (Å²) in [6.45, 7) is 3.16. The Morgan fingerprint density at radius 3 is 2.73 bits per heavy atom. The second-order valence-corrected chi connectivity index (χ2v) is 7.91. The molecule has 3 aromatic rings. The number of hydrogen-bond acceptors (Lipinski definition) is 5. The fourth-order valence-electron chi connectivity index (χ4n) is 3.76. The van der Waals surface area contributed by atoms with Crippen LogP contribution >= 0.6 is 11.6 Å². The van der Waals surface area contributed by atoms with Crippen LogP contribution in [0, 0.1) is 11.2 Å². The number of hydroxylamine groups is 1. The molecule has 0 aliphatic carbocycles. The highest BCUT2D eigenvalue weighted by Crippen LogP contribution is 2.24. The van der Waals surface area contributed by atoms with Crippen LogP contribution in [0.4, 0.5) is 10.1 Å². The zero-order valence-corrected chi connectivity index (χ0v) is 17.3. The molecule has 3 N–H and O–H groups in total. The average molecular weight is 431 g/mol. The van der Waals surface area contributed by atoms with Gasteiger partial charge in [-0.05, 0) is 50.2 Å². The van der Waals surface area contributed by atoms with Gasteiger partial charge in [-0.1, -0.05) is 24.4 Å². The van der Waals surface area contributed by atoms with Crippen LogP contribution in [0.25, 0.3) is 11.2 Å². The second kappa shape index (κ2) is 9.07. The fourth-order valence-corrected chi connectivity index (χ4v) is 3.93. The van der Waals surface area contributed by atoms with Crippen molar-refractivity contribution in [3.8, 4) is 0 Å². The van der Waals surface area contributed by atoms with Gasteiger partial charge >= 0.3 is 0 Å². The lowest BCUT2D eigenvalue weighted by Crippen LogP contribution is -2.27. The van der Waals surface area contributed by atoms with Gasteiger partial charge in [-0.15, -0.1) is 0 Å². The van der Waals surface area contributed by atoms with Gasteiger partial charge in [0.05, 0.1) is 16.2 Å². The van der Waals surface area contributed by atoms with E-state index in [2.05, 4.69) is 19.9 Å². The molecule has 1 saturated heterocycles. The van der Waals surface area contributed by atoms with E-state index in [1.165, 1.54) is 37.8 Å². The second-order valence-electron chi connectivity index (χ2n) is 7.51. The molecule has 0 saturated carbocycles. The number of aromatic nitrogens is 3. The number of fused-ring (bicyclic) bond motifs is 1. The highest BCUT2D eigenvalue weighted by Gasteiger charge is 2.19. The number of H-pyrrole nitrogens is 1. The molecule has 0 amide bonds. The quantitative estimate of drug-likeness (QED) is 0.317. The standard InChI is InChI=1S/C21H24ClFN6O/c22-16-13-14(5-6-17(16)23)29(30)20(24)15-7-9-25-21-19(15)26-18(27-21)8-12-28-10-3-1-2-4-11-28/h5-7,9,13,24,30H,1-4,8,10-12H2,(H,25,26,27). The van der Waals surface area contributed by atoms with Crippen molar-refractivity contribution in [2.24, 2.45) is 0 Å². The first-order chi connectivity index (χ1) is 14.5. The third-order valence-electron chi connectivity index (χ3n) is 5.42. The van der Waals surface area contributed by atoms with Crippen molar-refractivity contribution in [2.45, 2.75) is 32.1 Å². The van der Waals surface area contributed by atoms with Gasteiger partial charge in [0.25, 0.3) is 0 Å². The van der Waals surface area contributed by atoms with Crippen molar-refractivity contribution in [2.75, 3.05) is 24.7 Å². The van der Waals surface area contributed by atoms with E-state index in [0.717, 1.165) is 37.9 Å². The van der Waals surface area contributed by atoms with Crippen molar-refractivity contribution in [3.63, 3.8) is 0 Å². The number of nitrogens with zero attached hydrogens (tertiary/aromatic N) is 4. The third kappa shape index (κ3) is 4.45. The van der Waals surface area contributed by atoms with Crippen LogP contribution in [0.15, 0.2) is 30.5 Å². The molecule has 0 unspecified atom stereocenters. The van der Waals surface area contributed by atoms with Crippen LogP contribution < -0.4 is 5.06 Å². The Balaban J connectivity index is 1.53. The molecular formula is C21H24ClFN6O. The minimum absolute atomic E-state index is 0.128. The number of imidazole rings is 1. The first-order valence-electron chi connectivity index (χ1n) is 10.1. The number of hydrogen-bond donors (Lipinski definition) is 3. The SMILES string of the molecule is N=C(c1ccnc2nc(CCN3CCCCCC3)[nH]c12)N(O)c1ccc(F)c(Cl)c1. The van der Waals surface area contributed by atoms with Gasteiger partial charge in [0.15, 0.2) is 11.5 Å². The Hall–Kier alpha value is -2.55. The number of pyridine rings is 1. The zero-order valence-electron chi connectivity index (χ0n) is 16.5. The van der Waals surface area contributed by atoms with Crippen molar-refractivity contribution in [3.05, 3.63) is 52.7 Å². The number of rotatable bonds is 5. The number of likely N-dealkylation sites (tertiary alicyclic amines) is 1. The normalized spacial score (nSPS) is 15.3. The van der Waals surface area contributed by atoms with Gasteiger partial charge in [-0.3, -0.25) is 10.6 Å². The summed E-state index contributed by atoms with van der Waals surface area (Å²) in [6, 6.07) is 5.40. The molecule has 1 fully saturated rings. The minimum Gasteiger partial charge on any atom is -0.340 e. The monoisotopic (exact) mass is 430 g/mol. The molecule has 30 heavy (non-hydrogen) atoms. The number of anilines is 1. The molecule has 158 valence electrons. The van der Waals surface area contributed by atoms with Crippen LogP contribution in [-0.4, -0.2) is 50.5 Å². The summed E-state index contributed by atoms with van der Waals surface area (Å²) in [5, 5.41) is 19.5. The van der Waals surface area contributed by atoms with E-state index >= 15 is 0 Å². The maximum Gasteiger partial charge on any atom is 0.178 e. The maximum atomic E-state index is 13.4. The summed E-state index contributed by atoms with van der Waals surface area (Å²) >= 11 is 5.80. The highest BCUT2D eigenvalue weighted by molar-refractivity contribution is 6.31. The lowest BCUT2D eigenvalue weighted by Gasteiger charge is -2.18. The molecule has 0 radical (unpaired) electrons. The van der Waals surface area contributed by atoms with Crippen molar-refractivity contribution >= 4 is 34.3 Å². The molecule has 0 spiro atoms. The smallest absolute Gasteiger partial charge is 0.178 e. The van der Waals surface area contributed by atoms with E-state index in [-0.39, 0.29) is 16.5 Å². The Bertz CT molecular complexity index is 1050. The van der Waals surface area contributed by atoms with Crippen LogP contribution in [0.5, 0.6) is 0 Å². The van der Waals surface area contributed by atoms with Crippen LogP contribution in [0.2, 0.25) is 5.02 Å². The Kier molecular flexibility index (Phi) is 6.26. The molecule has 3 heterocycles. The lowest BCUT2D eigenvalue weighted by molar-refractivity contribution is 0.287. The summed E-state index contributed by atoms with van der Waals surface area (Å²) in [5.74, 6) is 0.0263. The number of aromatic amines is 1. The maximum absolute atomic E-state index is 13.4. The largest absolute Gasteiger partial charge is 0.340 e. The molecule has 1 aromatic carbocycles. The molecule has 7 nitrogen and oxygen atoms in total. The van der Waals surface area contributed by atoms with Crippen LogP contribution in [0.1, 0.15) is 37.1 Å². The first-order valence-corrected chi connectivity index (χ1v) is 10.5. The molecule has 0 bridgehead atoms. The van der Waals surface area contributed by atoms with E-state index in [4.69, 9.17) is 17.0 Å². The van der Waals surface area contributed by atoms with Gasteiger partial charge in [-0.25, -0.2) is 19.4 Å². The van der Waals surface area contributed by atoms with E-state index in [1.54, 1.807) is 12.3 Å². The molecule has 4 rings (SSSR count). The molecule has 1 aliphatic heterocycles. The minimum atomic E-state index is -0.589. The lowest BCUT2D eigenvalue weighted by atomic mass is 10.2. The van der Waals surface area contributed by atoms with Crippen molar-refractivity contribution in [1.29, 1.82) is 5.41 Å². The third-order valence-corrected chi connectivity index (χ3v) is 5.71. The topological polar surface area (TPSA) is 92.1 Å². The van der Waals surface area contributed by atoms with Gasteiger partial charge in [0.1, 0.15) is 11.6 Å². The Morgan fingerprint density at radius 1 is 1.23 bits per heavy atom. The van der Waals surface area contributed by atoms with Crippen LogP contribution in [0.3, 0.4) is 0 Å². The summed E-state index contributed by atoms with van der Waals surface area (Å²) in [7, 11) is 0. The molecule has 9 heteroatoms. The summed E-state index contributed by atoms with van der Waals surface area (Å²) in [5.41, 5.74) is 1.71. The molecule has 1 aliphatic rings. The van der Waals surface area contributed by atoms with E-state index < -0.39 is 5.82 Å². The molecular weight excluding hydrogens is 407 g/mol. The van der Waals surface area contributed by atoms with Gasteiger partial charge < -0.3 is 9.88 Å². The van der Waals surface area contributed by atoms with E-state index in [9.17, 15) is 9.60 Å². The zero-order chi connectivity index (χ0) is 21.1. The summed E-state index contributed by atoms with van der Waals surface area (Å²) < 4.78 is 13.4. The fraction of sp³-hybridized carbons (Fsp3) is 0.381. The Morgan fingerprint density at radius 2 is 2.00 bits per heavy atom.